The molecule has 7 heteroatoms. The maximum absolute atomic E-state index is 12.3. The van der Waals surface area contributed by atoms with Gasteiger partial charge in [-0.3, -0.25) is 4.79 Å². The van der Waals surface area contributed by atoms with Gasteiger partial charge < -0.3 is 19.5 Å². The zero-order valence-electron chi connectivity index (χ0n) is 13.5. The molecule has 0 aromatic carbocycles. The number of nitrogens with one attached hydrogen (secondary N) is 1. The fraction of sp³-hybridized carbons (Fsp3) is 0.500. The lowest BCUT2D eigenvalue weighted by Crippen LogP contribution is -2.36. The van der Waals surface area contributed by atoms with Crippen molar-refractivity contribution in [2.75, 3.05) is 31.2 Å². The summed E-state index contributed by atoms with van der Waals surface area (Å²) in [7, 11) is 0. The van der Waals surface area contributed by atoms with Crippen molar-refractivity contribution in [3.05, 3.63) is 35.1 Å². The minimum atomic E-state index is -0.0652. The Labute approximate surface area is 140 Å². The van der Waals surface area contributed by atoms with Gasteiger partial charge in [-0.2, -0.15) is 0 Å². The van der Waals surface area contributed by atoms with Crippen molar-refractivity contribution in [1.29, 1.82) is 0 Å². The zero-order chi connectivity index (χ0) is 16.2. The number of carbonyl (C=O) groups is 1. The number of hydrogen-bond donors (Lipinski definition) is 1. The minimum absolute atomic E-state index is 0.0652. The van der Waals surface area contributed by atoms with E-state index in [1.54, 1.807) is 11.3 Å². The maximum Gasteiger partial charge on any atom is 0.268 e. The molecule has 2 aromatic rings. The molecule has 1 fully saturated rings. The van der Waals surface area contributed by atoms with Crippen molar-refractivity contribution in [1.82, 2.24) is 14.9 Å². The highest BCUT2D eigenvalue weighted by Gasteiger charge is 2.16. The summed E-state index contributed by atoms with van der Waals surface area (Å²) >= 11 is 1.62. The molecule has 0 spiro atoms. The molecule has 1 saturated heterocycles. The summed E-state index contributed by atoms with van der Waals surface area (Å²) in [6, 6.07) is 4.00. The summed E-state index contributed by atoms with van der Waals surface area (Å²) in [5, 5.41) is 5.96. The summed E-state index contributed by atoms with van der Waals surface area (Å²) in [6.45, 7) is 7.82. The van der Waals surface area contributed by atoms with Crippen LogP contribution in [0.2, 0.25) is 0 Å². The summed E-state index contributed by atoms with van der Waals surface area (Å²) < 4.78 is 7.32. The quantitative estimate of drug-likeness (QED) is 0.911. The van der Waals surface area contributed by atoms with E-state index in [9.17, 15) is 4.79 Å². The Kier molecular flexibility index (Phi) is 4.97. The Morgan fingerprint density at radius 3 is 2.96 bits per heavy atom. The Balaban J connectivity index is 1.59. The van der Waals surface area contributed by atoms with E-state index in [1.165, 1.54) is 0 Å². The molecule has 1 amide bonds. The van der Waals surface area contributed by atoms with E-state index in [0.29, 0.717) is 12.2 Å². The van der Waals surface area contributed by atoms with E-state index in [1.807, 2.05) is 28.3 Å². The Morgan fingerprint density at radius 2 is 2.22 bits per heavy atom. The van der Waals surface area contributed by atoms with Crippen molar-refractivity contribution in [3.63, 3.8) is 0 Å². The van der Waals surface area contributed by atoms with Crippen LogP contribution in [-0.4, -0.2) is 41.8 Å². The van der Waals surface area contributed by atoms with Crippen molar-refractivity contribution >= 4 is 22.4 Å². The van der Waals surface area contributed by atoms with E-state index in [2.05, 4.69) is 29.0 Å². The Bertz CT molecular complexity index is 659. The third-order valence-corrected chi connectivity index (χ3v) is 4.77. The van der Waals surface area contributed by atoms with Crippen LogP contribution >= 0.6 is 11.3 Å². The third kappa shape index (κ3) is 3.73. The molecule has 0 aliphatic carbocycles. The maximum atomic E-state index is 12.3. The topological polar surface area (TPSA) is 59.4 Å². The molecule has 0 bridgehead atoms. The molecule has 0 saturated carbocycles. The number of ether oxygens (including phenoxy) is 1. The highest BCUT2D eigenvalue weighted by molar-refractivity contribution is 7.13. The van der Waals surface area contributed by atoms with Gasteiger partial charge in [0.1, 0.15) is 5.69 Å². The number of thiazole rings is 1. The summed E-state index contributed by atoms with van der Waals surface area (Å²) in [6.07, 6.45) is 1.93. The van der Waals surface area contributed by atoms with E-state index in [-0.39, 0.29) is 11.9 Å². The van der Waals surface area contributed by atoms with Crippen LogP contribution in [0.3, 0.4) is 0 Å². The van der Waals surface area contributed by atoms with Gasteiger partial charge in [-0.25, -0.2) is 4.98 Å². The molecule has 0 unspecified atom stereocenters. The third-order valence-electron chi connectivity index (χ3n) is 3.82. The Morgan fingerprint density at radius 1 is 1.43 bits per heavy atom. The minimum Gasteiger partial charge on any atom is -0.378 e. The lowest BCUT2D eigenvalue weighted by molar-refractivity contribution is 0.0939. The summed E-state index contributed by atoms with van der Waals surface area (Å²) in [5.41, 5.74) is 1.58. The average molecular weight is 334 g/mol. The molecule has 23 heavy (non-hydrogen) atoms. The normalized spacial score (nSPS) is 15.2. The first kappa shape index (κ1) is 16.0. The van der Waals surface area contributed by atoms with Crippen LogP contribution in [0.4, 0.5) is 5.13 Å². The largest absolute Gasteiger partial charge is 0.378 e. The second-order valence-corrected chi connectivity index (χ2v) is 6.63. The highest BCUT2D eigenvalue weighted by Crippen LogP contribution is 2.21. The molecule has 1 aliphatic heterocycles. The monoisotopic (exact) mass is 334 g/mol. The van der Waals surface area contributed by atoms with Crippen LogP contribution in [0, 0.1) is 0 Å². The van der Waals surface area contributed by atoms with Gasteiger partial charge in [0.25, 0.3) is 5.91 Å². The molecule has 0 radical (unpaired) electrons. The molecule has 1 aliphatic rings. The number of aromatic nitrogens is 2. The average Bonchev–Trinajstić information content (AvgIpc) is 3.23. The van der Waals surface area contributed by atoms with Crippen molar-refractivity contribution in [2.24, 2.45) is 0 Å². The first-order valence-electron chi connectivity index (χ1n) is 7.87. The fourth-order valence-corrected chi connectivity index (χ4v) is 3.45. The van der Waals surface area contributed by atoms with Crippen LogP contribution in [0.25, 0.3) is 0 Å². The Hall–Kier alpha value is -1.86. The van der Waals surface area contributed by atoms with Crippen LogP contribution in [0.5, 0.6) is 0 Å². The number of morpholine rings is 1. The van der Waals surface area contributed by atoms with Crippen LogP contribution in [-0.2, 0) is 11.3 Å². The number of nitrogens with zero attached hydrogens (tertiary/aromatic N) is 3. The number of anilines is 1. The summed E-state index contributed by atoms with van der Waals surface area (Å²) in [4.78, 5) is 19.2. The van der Waals surface area contributed by atoms with Gasteiger partial charge in [0, 0.05) is 30.7 Å². The lowest BCUT2D eigenvalue weighted by Gasteiger charge is -2.26. The molecule has 3 rings (SSSR count). The van der Waals surface area contributed by atoms with E-state index in [0.717, 1.165) is 37.1 Å². The summed E-state index contributed by atoms with van der Waals surface area (Å²) in [5.74, 6) is -0.0652. The van der Waals surface area contributed by atoms with Gasteiger partial charge in [0.05, 0.1) is 25.5 Å². The predicted molar refractivity (Wildman–Crippen MR) is 91.1 cm³/mol. The van der Waals surface area contributed by atoms with Gasteiger partial charge in [-0.1, -0.05) is 0 Å². The van der Waals surface area contributed by atoms with Crippen LogP contribution in [0.1, 0.15) is 36.1 Å². The second-order valence-electron chi connectivity index (χ2n) is 5.80. The van der Waals surface area contributed by atoms with Gasteiger partial charge in [-0.05, 0) is 26.0 Å². The van der Waals surface area contributed by atoms with E-state index in [4.69, 9.17) is 4.74 Å². The lowest BCUT2D eigenvalue weighted by atomic mass is 10.3. The van der Waals surface area contributed by atoms with Crippen molar-refractivity contribution in [2.45, 2.75) is 26.4 Å². The van der Waals surface area contributed by atoms with Crippen LogP contribution in [0.15, 0.2) is 23.7 Å². The number of rotatable bonds is 5. The number of hydrogen-bond acceptors (Lipinski definition) is 5. The zero-order valence-corrected chi connectivity index (χ0v) is 14.3. The van der Waals surface area contributed by atoms with Crippen molar-refractivity contribution < 1.29 is 9.53 Å². The molecular weight excluding hydrogens is 312 g/mol. The molecule has 0 atom stereocenters. The number of carbonyl (C=O) groups excluding carboxylic acids is 1. The second kappa shape index (κ2) is 7.14. The predicted octanol–water partition coefficient (Wildman–Crippen LogP) is 2.29. The van der Waals surface area contributed by atoms with E-state index < -0.39 is 0 Å². The molecular formula is C16H22N4O2S. The number of amides is 1. The molecule has 124 valence electrons. The molecule has 2 aromatic heterocycles. The first-order valence-corrected chi connectivity index (χ1v) is 8.75. The molecule has 3 heterocycles. The van der Waals surface area contributed by atoms with Gasteiger partial charge in [-0.15, -0.1) is 11.3 Å². The van der Waals surface area contributed by atoms with Crippen molar-refractivity contribution in [3.8, 4) is 0 Å². The van der Waals surface area contributed by atoms with E-state index >= 15 is 0 Å². The first-order chi connectivity index (χ1) is 11.1. The standard InChI is InChI=1S/C16H22N4O2S/c1-12(2)20-5-3-4-14(20)15(21)17-10-13-11-23-16(18-13)19-6-8-22-9-7-19/h3-5,11-12H,6-10H2,1-2H3,(H,17,21). The van der Waals surface area contributed by atoms with Crippen LogP contribution < -0.4 is 10.2 Å². The smallest absolute Gasteiger partial charge is 0.268 e. The van der Waals surface area contributed by atoms with Gasteiger partial charge in [0.15, 0.2) is 5.13 Å². The van der Waals surface area contributed by atoms with Gasteiger partial charge >= 0.3 is 0 Å². The van der Waals surface area contributed by atoms with Gasteiger partial charge in [0.2, 0.25) is 0 Å². The molecule has 1 N–H and O–H groups in total. The fourth-order valence-electron chi connectivity index (χ4n) is 2.58. The SMILES string of the molecule is CC(C)n1cccc1C(=O)NCc1csc(N2CCOCC2)n1. The highest BCUT2D eigenvalue weighted by atomic mass is 32.1. The molecule has 6 nitrogen and oxygen atoms in total.